The van der Waals surface area contributed by atoms with E-state index in [-0.39, 0.29) is 35.8 Å². The highest BCUT2D eigenvalue weighted by Gasteiger charge is 2.60. The van der Waals surface area contributed by atoms with Gasteiger partial charge in [0, 0.05) is 5.02 Å². The van der Waals surface area contributed by atoms with Crippen LogP contribution in [-0.2, 0) is 19.1 Å². The van der Waals surface area contributed by atoms with Gasteiger partial charge in [0.2, 0.25) is 0 Å². The normalized spacial score (nSPS) is 25.3. The van der Waals surface area contributed by atoms with Gasteiger partial charge in [0.05, 0.1) is 40.1 Å². The molecule has 4 atom stereocenters. The summed E-state index contributed by atoms with van der Waals surface area (Å²) in [6.07, 6.45) is 1.52. The highest BCUT2D eigenvalue weighted by atomic mass is 35.5. The lowest BCUT2D eigenvalue weighted by Gasteiger charge is -2.24. The van der Waals surface area contributed by atoms with E-state index in [2.05, 4.69) is 0 Å². The van der Waals surface area contributed by atoms with Crippen LogP contribution in [0.25, 0.3) is 5.57 Å². The van der Waals surface area contributed by atoms with Gasteiger partial charge in [-0.1, -0.05) is 23.2 Å². The minimum Gasteiger partial charge on any atom is -0.456 e. The van der Waals surface area contributed by atoms with Crippen molar-refractivity contribution in [2.45, 2.75) is 59.7 Å². The SMILES string of the molecule is Cc1cc(Oc2ccc(Cl)cc2Cl)cc(C)c1C1=C(OC(=O)C(C)(C)C)[C@H]2[C@@H](C1=O)[C@@H]1CC[C@H]2O1. The molecular formula is C28H28Cl2O5. The second-order valence-electron chi connectivity index (χ2n) is 10.7. The van der Waals surface area contributed by atoms with Crippen LogP contribution >= 0.6 is 23.2 Å². The van der Waals surface area contributed by atoms with E-state index >= 15 is 0 Å². The fourth-order valence-electron chi connectivity index (χ4n) is 5.48. The van der Waals surface area contributed by atoms with Gasteiger partial charge in [-0.3, -0.25) is 9.59 Å². The Bertz CT molecular complexity index is 1250. The molecular weight excluding hydrogens is 487 g/mol. The predicted molar refractivity (Wildman–Crippen MR) is 135 cm³/mol. The van der Waals surface area contributed by atoms with E-state index in [1.54, 1.807) is 18.2 Å². The first-order valence-corrected chi connectivity index (χ1v) is 12.6. The number of fused-ring (bicyclic) bond motifs is 5. The van der Waals surface area contributed by atoms with Gasteiger partial charge in [0.1, 0.15) is 17.3 Å². The second-order valence-corrected chi connectivity index (χ2v) is 11.5. The largest absolute Gasteiger partial charge is 0.456 e. The van der Waals surface area contributed by atoms with Crippen molar-refractivity contribution in [3.05, 3.63) is 62.8 Å². The highest BCUT2D eigenvalue weighted by molar-refractivity contribution is 6.35. The Kier molecular flexibility index (Phi) is 6.02. The number of benzene rings is 2. The van der Waals surface area contributed by atoms with Crippen LogP contribution in [0.2, 0.25) is 10.0 Å². The number of rotatable bonds is 4. The zero-order valence-electron chi connectivity index (χ0n) is 20.4. The van der Waals surface area contributed by atoms with Gasteiger partial charge in [-0.25, -0.2) is 0 Å². The number of allylic oxidation sites excluding steroid dienone is 1. The van der Waals surface area contributed by atoms with Crippen molar-refractivity contribution >= 4 is 40.5 Å². The molecule has 0 amide bonds. The first-order valence-electron chi connectivity index (χ1n) is 11.9. The Morgan fingerprint density at radius 1 is 1.00 bits per heavy atom. The van der Waals surface area contributed by atoms with Gasteiger partial charge in [-0.05, 0) is 94.5 Å². The molecule has 2 aliphatic heterocycles. The lowest BCUT2D eigenvalue weighted by atomic mass is 9.80. The summed E-state index contributed by atoms with van der Waals surface area (Å²) >= 11 is 12.3. The third-order valence-corrected chi connectivity index (χ3v) is 7.59. The number of Topliss-reactive ketones (excluding diaryl/α,β-unsaturated/α-hetero) is 1. The lowest BCUT2D eigenvalue weighted by Crippen LogP contribution is -2.31. The molecule has 0 aromatic heterocycles. The molecule has 5 nitrogen and oxygen atoms in total. The van der Waals surface area contributed by atoms with Crippen LogP contribution in [0.15, 0.2) is 36.1 Å². The molecule has 0 saturated carbocycles. The molecule has 35 heavy (non-hydrogen) atoms. The molecule has 2 fully saturated rings. The zero-order valence-corrected chi connectivity index (χ0v) is 21.9. The molecule has 2 bridgehead atoms. The smallest absolute Gasteiger partial charge is 0.316 e. The summed E-state index contributed by atoms with van der Waals surface area (Å²) in [6.45, 7) is 9.30. The second kappa shape index (κ2) is 8.65. The average Bonchev–Trinajstić information content (AvgIpc) is 3.44. The summed E-state index contributed by atoms with van der Waals surface area (Å²) in [7, 11) is 0. The molecule has 0 radical (unpaired) electrons. The van der Waals surface area contributed by atoms with Gasteiger partial charge < -0.3 is 14.2 Å². The Morgan fingerprint density at radius 3 is 2.23 bits per heavy atom. The average molecular weight is 515 g/mol. The fourth-order valence-corrected chi connectivity index (χ4v) is 5.93. The number of aryl methyl sites for hydroxylation is 2. The van der Waals surface area contributed by atoms with Crippen molar-refractivity contribution in [2.24, 2.45) is 17.3 Å². The molecule has 0 spiro atoms. The molecule has 2 aromatic carbocycles. The third-order valence-electron chi connectivity index (χ3n) is 7.06. The first kappa shape index (κ1) is 24.4. The van der Waals surface area contributed by atoms with Crippen molar-refractivity contribution in [1.29, 1.82) is 0 Å². The third kappa shape index (κ3) is 4.18. The quantitative estimate of drug-likeness (QED) is 0.408. The van der Waals surface area contributed by atoms with Crippen LogP contribution in [0.4, 0.5) is 0 Å². The molecule has 0 N–H and O–H groups in total. The molecule has 5 rings (SSSR count). The van der Waals surface area contributed by atoms with Gasteiger partial charge >= 0.3 is 5.97 Å². The van der Waals surface area contributed by atoms with Gasteiger partial charge in [-0.2, -0.15) is 0 Å². The maximum Gasteiger partial charge on any atom is 0.316 e. The van der Waals surface area contributed by atoms with E-state index in [1.807, 2.05) is 46.8 Å². The number of carbonyl (C=O) groups is 2. The predicted octanol–water partition coefficient (Wildman–Crippen LogP) is 7.08. The number of carbonyl (C=O) groups excluding carboxylic acids is 2. The van der Waals surface area contributed by atoms with Gasteiger partial charge in [-0.15, -0.1) is 0 Å². The number of esters is 1. The minimum atomic E-state index is -0.697. The topological polar surface area (TPSA) is 61.8 Å². The van der Waals surface area contributed by atoms with E-state index in [1.165, 1.54) is 0 Å². The summed E-state index contributed by atoms with van der Waals surface area (Å²) in [5.41, 5.74) is 2.30. The Morgan fingerprint density at radius 2 is 1.63 bits per heavy atom. The summed E-state index contributed by atoms with van der Waals surface area (Å²) in [5, 5.41) is 0.933. The Hall–Kier alpha value is -2.34. The summed E-state index contributed by atoms with van der Waals surface area (Å²) in [5.74, 6) is 0.679. The first-order chi connectivity index (χ1) is 16.5. The van der Waals surface area contributed by atoms with Crippen molar-refractivity contribution in [2.75, 3.05) is 0 Å². The number of ketones is 1. The van der Waals surface area contributed by atoms with E-state index in [0.717, 1.165) is 29.5 Å². The van der Waals surface area contributed by atoms with Crippen LogP contribution in [0, 0.1) is 31.1 Å². The Labute approximate surface area is 215 Å². The lowest BCUT2D eigenvalue weighted by molar-refractivity contribution is -0.149. The maximum atomic E-state index is 13.8. The summed E-state index contributed by atoms with van der Waals surface area (Å²) in [4.78, 5) is 26.7. The molecule has 2 aromatic rings. The monoisotopic (exact) mass is 514 g/mol. The van der Waals surface area contributed by atoms with Crippen molar-refractivity contribution < 1.29 is 23.8 Å². The van der Waals surface area contributed by atoms with Crippen LogP contribution in [0.3, 0.4) is 0 Å². The molecule has 2 heterocycles. The van der Waals surface area contributed by atoms with E-state index in [9.17, 15) is 9.59 Å². The van der Waals surface area contributed by atoms with E-state index < -0.39 is 5.41 Å². The zero-order chi connectivity index (χ0) is 25.2. The van der Waals surface area contributed by atoms with E-state index in [4.69, 9.17) is 37.4 Å². The van der Waals surface area contributed by atoms with Gasteiger partial charge in [0.15, 0.2) is 5.78 Å². The summed E-state index contributed by atoms with van der Waals surface area (Å²) in [6, 6.07) is 8.79. The van der Waals surface area contributed by atoms with Crippen LogP contribution in [0.5, 0.6) is 11.5 Å². The molecule has 3 aliphatic rings. The number of hydrogen-bond donors (Lipinski definition) is 0. The van der Waals surface area contributed by atoms with Crippen LogP contribution in [-0.4, -0.2) is 24.0 Å². The fraction of sp³-hybridized carbons (Fsp3) is 0.429. The molecule has 184 valence electrons. The molecule has 2 saturated heterocycles. The number of halogens is 2. The minimum absolute atomic E-state index is 0.000441. The maximum absolute atomic E-state index is 13.8. The van der Waals surface area contributed by atoms with Crippen LogP contribution in [0.1, 0.15) is 50.3 Å². The van der Waals surface area contributed by atoms with Crippen LogP contribution < -0.4 is 4.74 Å². The highest BCUT2D eigenvalue weighted by Crippen LogP contribution is 2.55. The molecule has 0 unspecified atom stereocenters. The van der Waals surface area contributed by atoms with Crippen molar-refractivity contribution in [3.63, 3.8) is 0 Å². The van der Waals surface area contributed by atoms with E-state index in [0.29, 0.717) is 32.9 Å². The Balaban J connectivity index is 1.57. The standard InChI is InChI=1S/C28H28Cl2O5/c1-13-10-16(33-18-7-6-15(29)12-17(18)30)11-14(2)21(13)24-25(31)22-19-8-9-20(34-19)23(22)26(24)35-27(32)28(3,4)5/h6-7,10-12,19-20,22-23H,8-9H2,1-5H3/t19-,20+,22-,23+/m0/s1. The van der Waals surface area contributed by atoms with Crippen molar-refractivity contribution in [3.8, 4) is 11.5 Å². The number of ether oxygens (including phenoxy) is 3. The van der Waals surface area contributed by atoms with Gasteiger partial charge in [0.25, 0.3) is 0 Å². The van der Waals surface area contributed by atoms with Crippen molar-refractivity contribution in [1.82, 2.24) is 0 Å². The molecule has 1 aliphatic carbocycles. The summed E-state index contributed by atoms with van der Waals surface area (Å²) < 4.78 is 18.1. The molecule has 7 heteroatoms. The number of hydrogen-bond acceptors (Lipinski definition) is 5.